The van der Waals surface area contributed by atoms with Gasteiger partial charge in [0.1, 0.15) is 5.54 Å². The van der Waals surface area contributed by atoms with Crippen molar-refractivity contribution < 1.29 is 14.0 Å². The molecule has 1 aliphatic rings. The lowest BCUT2D eigenvalue weighted by Gasteiger charge is -2.41. The van der Waals surface area contributed by atoms with Gasteiger partial charge in [-0.15, -0.1) is 0 Å². The average molecular weight is 230 g/mol. The molecule has 0 atom stereocenters. The van der Waals surface area contributed by atoms with Crippen LogP contribution >= 0.6 is 0 Å². The number of amides is 2. The summed E-state index contributed by atoms with van der Waals surface area (Å²) in [6.45, 7) is 3.67. The Morgan fingerprint density at radius 3 is 2.50 bits per heavy atom. The quantitative estimate of drug-likeness (QED) is 0.761. The van der Waals surface area contributed by atoms with Crippen LogP contribution in [0.2, 0.25) is 0 Å². The molecule has 92 valence electrons. The summed E-state index contributed by atoms with van der Waals surface area (Å²) in [5.41, 5.74) is -0.772. The maximum atomic E-state index is 12.1. The molecule has 1 fully saturated rings. The van der Waals surface area contributed by atoms with E-state index in [1.807, 2.05) is 13.8 Å². The molecule has 4 nitrogen and oxygen atoms in total. The smallest absolute Gasteiger partial charge is 0.248 e. The van der Waals surface area contributed by atoms with Gasteiger partial charge < -0.3 is 10.2 Å². The Morgan fingerprint density at radius 2 is 2.00 bits per heavy atom. The second kappa shape index (κ2) is 5.27. The van der Waals surface area contributed by atoms with Gasteiger partial charge in [0.15, 0.2) is 0 Å². The fourth-order valence-electron chi connectivity index (χ4n) is 2.07. The average Bonchev–Trinajstić information content (AvgIpc) is 2.30. The largest absolute Gasteiger partial charge is 0.340 e. The molecule has 0 aromatic rings. The van der Waals surface area contributed by atoms with E-state index >= 15 is 0 Å². The maximum absolute atomic E-state index is 12.1. The molecular formula is C11H19FN2O2. The van der Waals surface area contributed by atoms with Crippen LogP contribution in [0.25, 0.3) is 0 Å². The molecule has 1 aliphatic heterocycles. The van der Waals surface area contributed by atoms with Crippen LogP contribution in [0.3, 0.4) is 0 Å². The molecule has 0 aliphatic carbocycles. The minimum atomic E-state index is -0.772. The summed E-state index contributed by atoms with van der Waals surface area (Å²) in [7, 11) is 0. The van der Waals surface area contributed by atoms with Gasteiger partial charge in [0.2, 0.25) is 11.8 Å². The van der Waals surface area contributed by atoms with Crippen molar-refractivity contribution in [3.8, 4) is 0 Å². The summed E-state index contributed by atoms with van der Waals surface area (Å²) < 4.78 is 12.1. The minimum Gasteiger partial charge on any atom is -0.340 e. The number of alkyl halides is 1. The zero-order valence-corrected chi connectivity index (χ0v) is 9.88. The highest BCUT2D eigenvalue weighted by Crippen LogP contribution is 2.22. The summed E-state index contributed by atoms with van der Waals surface area (Å²) in [5, 5.41) is 2.76. The molecule has 0 radical (unpaired) electrons. The molecule has 0 saturated carbocycles. The first-order valence-corrected chi connectivity index (χ1v) is 5.76. The molecule has 16 heavy (non-hydrogen) atoms. The molecule has 1 saturated heterocycles. The Bertz CT molecular complexity index is 277. The number of nitrogens with zero attached hydrogens (tertiary/aromatic N) is 1. The van der Waals surface area contributed by atoms with Gasteiger partial charge in [-0.2, -0.15) is 0 Å². The number of piperazine rings is 1. The van der Waals surface area contributed by atoms with Crippen molar-refractivity contribution in [1.82, 2.24) is 10.2 Å². The van der Waals surface area contributed by atoms with Crippen molar-refractivity contribution in [3.05, 3.63) is 0 Å². The van der Waals surface area contributed by atoms with Crippen molar-refractivity contribution in [2.24, 2.45) is 0 Å². The highest BCUT2D eigenvalue weighted by molar-refractivity contribution is 5.97. The molecule has 1 rings (SSSR count). The monoisotopic (exact) mass is 230 g/mol. The Kier molecular flexibility index (Phi) is 4.26. The van der Waals surface area contributed by atoms with Crippen molar-refractivity contribution >= 4 is 11.8 Å². The molecule has 0 unspecified atom stereocenters. The Hall–Kier alpha value is -1.13. The fraction of sp³-hybridized carbons (Fsp3) is 0.818. The van der Waals surface area contributed by atoms with Gasteiger partial charge in [-0.05, 0) is 19.3 Å². The van der Waals surface area contributed by atoms with E-state index in [2.05, 4.69) is 5.32 Å². The van der Waals surface area contributed by atoms with Gasteiger partial charge in [-0.1, -0.05) is 13.8 Å². The van der Waals surface area contributed by atoms with Crippen LogP contribution in [0.4, 0.5) is 4.39 Å². The van der Waals surface area contributed by atoms with Gasteiger partial charge in [0.25, 0.3) is 0 Å². The van der Waals surface area contributed by atoms with Crippen molar-refractivity contribution in [1.29, 1.82) is 0 Å². The summed E-state index contributed by atoms with van der Waals surface area (Å²) in [6, 6.07) is 0. The topological polar surface area (TPSA) is 49.4 Å². The van der Waals surface area contributed by atoms with E-state index in [0.717, 1.165) is 0 Å². The highest BCUT2D eigenvalue weighted by atomic mass is 19.1. The van der Waals surface area contributed by atoms with Crippen molar-refractivity contribution in [2.45, 2.75) is 38.6 Å². The Balaban J connectivity index is 2.80. The third kappa shape index (κ3) is 2.33. The minimum absolute atomic E-state index is 0.0561. The van der Waals surface area contributed by atoms with Crippen molar-refractivity contribution in [3.63, 3.8) is 0 Å². The van der Waals surface area contributed by atoms with Gasteiger partial charge >= 0.3 is 0 Å². The molecule has 0 aromatic heterocycles. The third-order valence-electron chi connectivity index (χ3n) is 3.18. The molecule has 0 spiro atoms. The lowest BCUT2D eigenvalue weighted by molar-refractivity contribution is -0.150. The SMILES string of the molecule is CCC1(CC)NC(=O)CN(CCCF)C1=O. The highest BCUT2D eigenvalue weighted by Gasteiger charge is 2.43. The Morgan fingerprint density at radius 1 is 1.38 bits per heavy atom. The first-order chi connectivity index (χ1) is 7.59. The molecule has 1 N–H and O–H groups in total. The third-order valence-corrected chi connectivity index (χ3v) is 3.18. The van der Waals surface area contributed by atoms with E-state index in [1.54, 1.807) is 0 Å². The number of hydrogen-bond donors (Lipinski definition) is 1. The number of carbonyl (C=O) groups is 2. The first kappa shape index (κ1) is 12.9. The number of halogens is 1. The number of rotatable bonds is 5. The second-order valence-corrected chi connectivity index (χ2v) is 4.11. The van der Waals surface area contributed by atoms with Crippen LogP contribution in [0.5, 0.6) is 0 Å². The molecular weight excluding hydrogens is 211 g/mol. The van der Waals surface area contributed by atoms with E-state index in [-0.39, 0.29) is 18.4 Å². The van der Waals surface area contributed by atoms with Gasteiger partial charge in [-0.3, -0.25) is 14.0 Å². The predicted molar refractivity (Wildman–Crippen MR) is 58.6 cm³/mol. The summed E-state index contributed by atoms with van der Waals surface area (Å²) in [6.07, 6.45) is 1.43. The van der Waals surface area contributed by atoms with Gasteiger partial charge in [0, 0.05) is 6.54 Å². The number of carbonyl (C=O) groups excluding carboxylic acids is 2. The molecule has 1 heterocycles. The zero-order valence-electron chi connectivity index (χ0n) is 9.88. The second-order valence-electron chi connectivity index (χ2n) is 4.11. The van der Waals surface area contributed by atoms with E-state index < -0.39 is 12.2 Å². The molecule has 0 aromatic carbocycles. The van der Waals surface area contributed by atoms with Crippen LogP contribution in [-0.2, 0) is 9.59 Å². The number of hydrogen-bond acceptors (Lipinski definition) is 2. The van der Waals surface area contributed by atoms with Crippen LogP contribution in [0, 0.1) is 0 Å². The number of nitrogens with one attached hydrogen (secondary N) is 1. The van der Waals surface area contributed by atoms with Crippen LogP contribution < -0.4 is 5.32 Å². The van der Waals surface area contributed by atoms with E-state index in [4.69, 9.17) is 0 Å². The first-order valence-electron chi connectivity index (χ1n) is 5.76. The normalized spacial score (nSPS) is 19.8. The van der Waals surface area contributed by atoms with Crippen LogP contribution in [0.15, 0.2) is 0 Å². The van der Waals surface area contributed by atoms with Gasteiger partial charge in [-0.25, -0.2) is 0 Å². The standard InChI is InChI=1S/C11H19FN2O2/c1-3-11(4-2)10(16)14(7-5-6-12)8-9(15)13-11/h3-8H2,1-2H3,(H,13,15). The summed E-state index contributed by atoms with van der Waals surface area (Å²) in [5.74, 6) is -0.229. The van der Waals surface area contributed by atoms with Crippen LogP contribution in [0.1, 0.15) is 33.1 Å². The molecule has 2 amide bonds. The lowest BCUT2D eigenvalue weighted by atomic mass is 9.89. The summed E-state index contributed by atoms with van der Waals surface area (Å²) in [4.78, 5) is 25.1. The molecule has 5 heteroatoms. The maximum Gasteiger partial charge on any atom is 0.248 e. The fourth-order valence-corrected chi connectivity index (χ4v) is 2.07. The Labute approximate surface area is 95.2 Å². The van der Waals surface area contributed by atoms with Crippen LogP contribution in [-0.4, -0.2) is 42.0 Å². The predicted octanol–water partition coefficient (Wildman–Crippen LogP) is 0.863. The van der Waals surface area contributed by atoms with Gasteiger partial charge in [0.05, 0.1) is 13.2 Å². The van der Waals surface area contributed by atoms with E-state index in [1.165, 1.54) is 4.90 Å². The van der Waals surface area contributed by atoms with E-state index in [9.17, 15) is 14.0 Å². The lowest BCUT2D eigenvalue weighted by Crippen LogP contribution is -2.66. The van der Waals surface area contributed by atoms with Crippen molar-refractivity contribution in [2.75, 3.05) is 19.8 Å². The summed E-state index contributed by atoms with van der Waals surface area (Å²) >= 11 is 0. The van der Waals surface area contributed by atoms with E-state index in [0.29, 0.717) is 25.8 Å². The zero-order chi connectivity index (χ0) is 12.2. The molecule has 0 bridgehead atoms.